The van der Waals surface area contributed by atoms with Crippen LogP contribution in [0.3, 0.4) is 0 Å². The molecule has 116 valence electrons. The van der Waals surface area contributed by atoms with Crippen molar-refractivity contribution >= 4 is 15.8 Å². The maximum absolute atomic E-state index is 2.54. The Morgan fingerprint density at radius 2 is 0.750 bits per heavy atom. The smallest absolute Gasteiger partial charge is 0.0209 e. The van der Waals surface area contributed by atoms with Crippen molar-refractivity contribution in [1.82, 2.24) is 0 Å². The average Bonchev–Trinajstić information content (AvgIpc) is 2.62. The maximum Gasteiger partial charge on any atom is -0.0209 e. The van der Waals surface area contributed by atoms with Gasteiger partial charge in [0.15, 0.2) is 0 Å². The van der Waals surface area contributed by atoms with Crippen molar-refractivity contribution in [2.75, 3.05) is 13.3 Å². The zero-order chi connectivity index (χ0) is 13.9. The number of fused-ring (bicyclic) bond motifs is 4. The summed E-state index contributed by atoms with van der Waals surface area (Å²) in [5, 5.41) is 0. The molecule has 4 bridgehead atoms. The molecule has 4 saturated heterocycles. The van der Waals surface area contributed by atoms with Gasteiger partial charge in [0.05, 0.1) is 0 Å². The van der Waals surface area contributed by atoms with Crippen LogP contribution in [0, 0.1) is 0 Å². The van der Waals surface area contributed by atoms with E-state index in [0.717, 1.165) is 0 Å². The van der Waals surface area contributed by atoms with Crippen molar-refractivity contribution in [2.24, 2.45) is 0 Å². The Morgan fingerprint density at radius 3 is 1.15 bits per heavy atom. The molecule has 0 aromatic heterocycles. The lowest BCUT2D eigenvalue weighted by Gasteiger charge is -2.41. The van der Waals surface area contributed by atoms with Crippen LogP contribution in [0.4, 0.5) is 0 Å². The predicted molar refractivity (Wildman–Crippen MR) is 96.2 cm³/mol. The van der Waals surface area contributed by atoms with E-state index in [1.807, 2.05) is 0 Å². The molecule has 0 spiro atoms. The summed E-state index contributed by atoms with van der Waals surface area (Å²) >= 11 is 0. The lowest BCUT2D eigenvalue weighted by atomic mass is 9.99. The number of hydrogen-bond acceptors (Lipinski definition) is 0. The fraction of sp³-hybridized carbons (Fsp3) is 1.00. The fourth-order valence-corrected chi connectivity index (χ4v) is 11.0. The Balaban J connectivity index is 0.000000121. The zero-order valence-electron chi connectivity index (χ0n) is 13.7. The molecule has 2 heteroatoms. The number of rotatable bonds is 0. The van der Waals surface area contributed by atoms with Crippen LogP contribution in [0.25, 0.3) is 0 Å². The molecule has 0 radical (unpaired) electrons. The van der Waals surface area contributed by atoms with E-state index in [1.165, 1.54) is 35.5 Å². The maximum atomic E-state index is 2.54. The van der Waals surface area contributed by atoms with Crippen LogP contribution in [0.1, 0.15) is 77.0 Å². The predicted octanol–water partition coefficient (Wildman–Crippen LogP) is 6.41. The molecule has 4 aliphatic heterocycles. The minimum absolute atomic E-state index is 0.470. The molecular formula is C18H34P2. The van der Waals surface area contributed by atoms with Crippen LogP contribution in [0.15, 0.2) is 0 Å². The summed E-state index contributed by atoms with van der Waals surface area (Å²) < 4.78 is 0. The van der Waals surface area contributed by atoms with Crippen LogP contribution in [-0.4, -0.2) is 36.0 Å². The summed E-state index contributed by atoms with van der Waals surface area (Å²) in [6.45, 7) is 5.09. The Kier molecular flexibility index (Phi) is 5.84. The summed E-state index contributed by atoms with van der Waals surface area (Å²) in [6.07, 6.45) is 18.7. The monoisotopic (exact) mass is 312 g/mol. The SMILES string of the molecule is CP1C2CCCC1CCC2.CP1C2CCCCC1CC2. The zero-order valence-corrected chi connectivity index (χ0v) is 15.5. The second-order valence-electron chi connectivity index (χ2n) is 7.67. The molecule has 4 aliphatic rings. The van der Waals surface area contributed by atoms with E-state index in [9.17, 15) is 0 Å². The van der Waals surface area contributed by atoms with Gasteiger partial charge in [-0.3, -0.25) is 0 Å². The summed E-state index contributed by atoms with van der Waals surface area (Å²) in [7, 11) is 0.941. The third-order valence-electron chi connectivity index (χ3n) is 6.61. The van der Waals surface area contributed by atoms with Gasteiger partial charge in [0.2, 0.25) is 0 Å². The fourth-order valence-electron chi connectivity index (χ4n) is 5.13. The van der Waals surface area contributed by atoms with Crippen molar-refractivity contribution in [1.29, 1.82) is 0 Å². The molecular weight excluding hydrogens is 278 g/mol. The molecule has 0 nitrogen and oxygen atoms in total. The Labute approximate surface area is 129 Å². The molecule has 0 aliphatic carbocycles. The van der Waals surface area contributed by atoms with Gasteiger partial charge in [0, 0.05) is 0 Å². The largest absolute Gasteiger partial charge is 0.104 e. The van der Waals surface area contributed by atoms with E-state index in [0.29, 0.717) is 15.8 Å². The van der Waals surface area contributed by atoms with E-state index in [4.69, 9.17) is 0 Å². The van der Waals surface area contributed by atoms with Crippen LogP contribution < -0.4 is 0 Å². The van der Waals surface area contributed by atoms with E-state index >= 15 is 0 Å². The second-order valence-corrected chi connectivity index (χ2v) is 13.3. The summed E-state index contributed by atoms with van der Waals surface area (Å²) in [5.74, 6) is 0. The van der Waals surface area contributed by atoms with Crippen LogP contribution >= 0.6 is 15.8 Å². The van der Waals surface area contributed by atoms with Crippen LogP contribution in [0.2, 0.25) is 0 Å². The van der Waals surface area contributed by atoms with E-state index in [1.54, 1.807) is 64.2 Å². The molecule has 20 heavy (non-hydrogen) atoms. The molecule has 2 unspecified atom stereocenters. The van der Waals surface area contributed by atoms with Crippen molar-refractivity contribution in [3.8, 4) is 0 Å². The quantitative estimate of drug-likeness (QED) is 0.454. The Bertz CT molecular complexity index is 256. The minimum Gasteiger partial charge on any atom is -0.104 e. The lowest BCUT2D eigenvalue weighted by Crippen LogP contribution is -2.25. The van der Waals surface area contributed by atoms with Crippen LogP contribution in [0.5, 0.6) is 0 Å². The highest BCUT2D eigenvalue weighted by atomic mass is 31.1. The molecule has 2 atom stereocenters. The van der Waals surface area contributed by atoms with Gasteiger partial charge in [0.25, 0.3) is 0 Å². The third-order valence-corrected chi connectivity index (χ3v) is 13.3. The molecule has 0 N–H and O–H groups in total. The van der Waals surface area contributed by atoms with Crippen molar-refractivity contribution in [3.63, 3.8) is 0 Å². The van der Waals surface area contributed by atoms with E-state index < -0.39 is 0 Å². The molecule has 0 aromatic carbocycles. The molecule has 0 aromatic rings. The van der Waals surface area contributed by atoms with Gasteiger partial charge in [-0.05, 0) is 87.3 Å². The highest BCUT2D eigenvalue weighted by Crippen LogP contribution is 2.58. The lowest BCUT2D eigenvalue weighted by molar-refractivity contribution is 0.477. The summed E-state index contributed by atoms with van der Waals surface area (Å²) in [4.78, 5) is 0. The highest BCUT2D eigenvalue weighted by Gasteiger charge is 2.33. The molecule has 4 heterocycles. The van der Waals surface area contributed by atoms with Crippen molar-refractivity contribution in [2.45, 2.75) is 99.7 Å². The molecule has 4 fully saturated rings. The summed E-state index contributed by atoms with van der Waals surface area (Å²) in [6, 6.07) is 0. The van der Waals surface area contributed by atoms with Crippen molar-refractivity contribution in [3.05, 3.63) is 0 Å². The Morgan fingerprint density at radius 1 is 0.450 bits per heavy atom. The second kappa shape index (κ2) is 7.42. The first-order valence-corrected chi connectivity index (χ1v) is 13.0. The van der Waals surface area contributed by atoms with Gasteiger partial charge >= 0.3 is 0 Å². The summed E-state index contributed by atoms with van der Waals surface area (Å²) in [5.41, 5.74) is 4.73. The molecule has 4 rings (SSSR count). The van der Waals surface area contributed by atoms with Gasteiger partial charge in [-0.1, -0.05) is 25.7 Å². The first kappa shape index (κ1) is 15.7. The Hall–Kier alpha value is 0.860. The van der Waals surface area contributed by atoms with E-state index in [-0.39, 0.29) is 0 Å². The molecule has 0 amide bonds. The van der Waals surface area contributed by atoms with Gasteiger partial charge in [-0.25, -0.2) is 0 Å². The normalized spacial score (nSPS) is 47.1. The standard InChI is InChI=1S/2C9H17P/c1-10-8-4-2-5-9(10)7-3-6-8;1-10-8-4-2-3-5-9(10)7-6-8/h2*8-9H,2-7H2,1H3. The van der Waals surface area contributed by atoms with Gasteiger partial charge in [0.1, 0.15) is 0 Å². The number of hydrogen-bond donors (Lipinski definition) is 0. The van der Waals surface area contributed by atoms with Gasteiger partial charge in [-0.15, -0.1) is 15.8 Å². The third kappa shape index (κ3) is 3.60. The van der Waals surface area contributed by atoms with Crippen molar-refractivity contribution < 1.29 is 0 Å². The first-order valence-electron chi connectivity index (χ1n) is 9.19. The average molecular weight is 312 g/mol. The van der Waals surface area contributed by atoms with Crippen LogP contribution in [-0.2, 0) is 0 Å². The molecule has 0 saturated carbocycles. The minimum atomic E-state index is 0.470. The highest BCUT2D eigenvalue weighted by molar-refractivity contribution is 7.58. The van der Waals surface area contributed by atoms with E-state index in [2.05, 4.69) is 13.3 Å². The topological polar surface area (TPSA) is 0 Å². The first-order chi connectivity index (χ1) is 9.75. The van der Waals surface area contributed by atoms with Gasteiger partial charge < -0.3 is 0 Å². The van der Waals surface area contributed by atoms with Gasteiger partial charge in [-0.2, -0.15) is 0 Å².